The molecule has 0 radical (unpaired) electrons. The van der Waals surface area contributed by atoms with Gasteiger partial charge in [0.2, 0.25) is 5.91 Å². The molecule has 0 aromatic carbocycles. The fourth-order valence-corrected chi connectivity index (χ4v) is 1.76. The number of hydrogen-bond donors (Lipinski definition) is 4. The van der Waals surface area contributed by atoms with Crippen molar-refractivity contribution in [2.24, 2.45) is 5.92 Å². The summed E-state index contributed by atoms with van der Waals surface area (Å²) in [6.45, 7) is 4.53. The third-order valence-electron chi connectivity index (χ3n) is 2.73. The lowest BCUT2D eigenvalue weighted by Crippen LogP contribution is -2.51. The molecule has 0 unspecified atom stereocenters. The minimum atomic E-state index is -1.50. The van der Waals surface area contributed by atoms with E-state index < -0.39 is 12.3 Å². The van der Waals surface area contributed by atoms with Crippen LogP contribution in [-0.2, 0) is 4.79 Å². The van der Waals surface area contributed by atoms with Crippen LogP contribution in [-0.4, -0.2) is 41.0 Å². The number of aliphatic hydroxyl groups excluding tert-OH is 1. The summed E-state index contributed by atoms with van der Waals surface area (Å²) in [7, 11) is 0. The first-order valence-corrected chi connectivity index (χ1v) is 5.42. The minimum absolute atomic E-state index is 0.00430. The van der Waals surface area contributed by atoms with Crippen LogP contribution in [0, 0.1) is 5.92 Å². The van der Waals surface area contributed by atoms with Gasteiger partial charge in [-0.2, -0.15) is 0 Å². The van der Waals surface area contributed by atoms with Crippen molar-refractivity contribution < 1.29 is 15.0 Å². The van der Waals surface area contributed by atoms with Crippen molar-refractivity contribution in [3.63, 3.8) is 0 Å². The Balaban J connectivity index is 2.46. The quantitative estimate of drug-likeness (QED) is 0.463. The predicted molar refractivity (Wildman–Crippen MR) is 56.0 cm³/mol. The summed E-state index contributed by atoms with van der Waals surface area (Å²) in [6.07, 6.45) is 0.306. The van der Waals surface area contributed by atoms with Gasteiger partial charge < -0.3 is 20.8 Å². The predicted octanol–water partition coefficient (Wildman–Crippen LogP) is -0.810. The highest BCUT2D eigenvalue weighted by Crippen LogP contribution is 2.09. The summed E-state index contributed by atoms with van der Waals surface area (Å²) in [5, 5.41) is 23.9. The van der Waals surface area contributed by atoms with E-state index in [0.717, 1.165) is 19.4 Å². The second-order valence-electron chi connectivity index (χ2n) is 4.34. The SMILES string of the molecule is CC(C)[C@H](NC(=O)[C@@H]1CCCN1)C(O)O. The van der Waals surface area contributed by atoms with E-state index >= 15 is 0 Å². The smallest absolute Gasteiger partial charge is 0.237 e. The number of hydrogen-bond acceptors (Lipinski definition) is 4. The number of rotatable bonds is 4. The van der Waals surface area contributed by atoms with Crippen LogP contribution < -0.4 is 10.6 Å². The van der Waals surface area contributed by atoms with Crippen molar-refractivity contribution in [3.8, 4) is 0 Å². The highest BCUT2D eigenvalue weighted by molar-refractivity contribution is 5.82. The molecule has 0 aromatic rings. The number of carbonyl (C=O) groups is 1. The Morgan fingerprint density at radius 3 is 2.53 bits per heavy atom. The molecule has 1 aliphatic rings. The first kappa shape index (κ1) is 12.4. The highest BCUT2D eigenvalue weighted by Gasteiger charge is 2.28. The summed E-state index contributed by atoms with van der Waals surface area (Å²) in [4.78, 5) is 11.7. The minimum Gasteiger partial charge on any atom is -0.366 e. The van der Waals surface area contributed by atoms with Crippen molar-refractivity contribution in [3.05, 3.63) is 0 Å². The van der Waals surface area contributed by atoms with Gasteiger partial charge in [-0.15, -0.1) is 0 Å². The summed E-state index contributed by atoms with van der Waals surface area (Å²) in [6, 6.07) is -0.773. The molecule has 2 atom stereocenters. The van der Waals surface area contributed by atoms with Crippen LogP contribution in [0.25, 0.3) is 0 Å². The zero-order valence-electron chi connectivity index (χ0n) is 9.23. The molecule has 0 bridgehead atoms. The van der Waals surface area contributed by atoms with Gasteiger partial charge in [-0.3, -0.25) is 4.79 Å². The lowest BCUT2D eigenvalue weighted by molar-refractivity contribution is -0.130. The first-order valence-electron chi connectivity index (χ1n) is 5.42. The van der Waals surface area contributed by atoms with Crippen molar-refractivity contribution in [1.29, 1.82) is 0 Å². The third kappa shape index (κ3) is 3.44. The molecule has 4 N–H and O–H groups in total. The summed E-state index contributed by atoms with van der Waals surface area (Å²) >= 11 is 0. The zero-order valence-corrected chi connectivity index (χ0v) is 9.23. The van der Waals surface area contributed by atoms with E-state index in [1.807, 2.05) is 13.8 Å². The zero-order chi connectivity index (χ0) is 11.4. The molecule has 1 rings (SSSR count). The second kappa shape index (κ2) is 5.44. The Morgan fingerprint density at radius 1 is 1.47 bits per heavy atom. The maximum atomic E-state index is 11.7. The number of aliphatic hydroxyl groups is 2. The molecule has 1 heterocycles. The van der Waals surface area contributed by atoms with Gasteiger partial charge in [0.1, 0.15) is 0 Å². The van der Waals surface area contributed by atoms with Crippen LogP contribution >= 0.6 is 0 Å². The van der Waals surface area contributed by atoms with E-state index in [1.165, 1.54) is 0 Å². The van der Waals surface area contributed by atoms with Gasteiger partial charge >= 0.3 is 0 Å². The van der Waals surface area contributed by atoms with Crippen molar-refractivity contribution in [2.75, 3.05) is 6.54 Å². The average Bonchev–Trinajstić information content (AvgIpc) is 2.65. The van der Waals surface area contributed by atoms with Crippen molar-refractivity contribution in [1.82, 2.24) is 10.6 Å². The maximum Gasteiger partial charge on any atom is 0.237 e. The van der Waals surface area contributed by atoms with Gasteiger partial charge in [-0.25, -0.2) is 0 Å². The summed E-state index contributed by atoms with van der Waals surface area (Å²) < 4.78 is 0. The standard InChI is InChI=1S/C10H20N2O3/c1-6(2)8(10(14)15)12-9(13)7-4-3-5-11-7/h6-8,10-11,14-15H,3-5H2,1-2H3,(H,12,13)/t7-,8-/m0/s1. The van der Waals surface area contributed by atoms with Crippen LogP contribution in [0.1, 0.15) is 26.7 Å². The first-order chi connectivity index (χ1) is 7.02. The molecule has 1 fully saturated rings. The molecule has 1 amide bonds. The van der Waals surface area contributed by atoms with Crippen LogP contribution in [0.3, 0.4) is 0 Å². The van der Waals surface area contributed by atoms with E-state index in [0.29, 0.717) is 0 Å². The van der Waals surface area contributed by atoms with E-state index in [9.17, 15) is 4.79 Å². The Bertz CT molecular complexity index is 205. The second-order valence-corrected chi connectivity index (χ2v) is 4.34. The molecular formula is C10H20N2O3. The third-order valence-corrected chi connectivity index (χ3v) is 2.73. The van der Waals surface area contributed by atoms with Gasteiger partial charge in [0.15, 0.2) is 6.29 Å². The molecule has 0 aromatic heterocycles. The molecule has 0 saturated carbocycles. The van der Waals surface area contributed by atoms with Gasteiger partial charge in [0.05, 0.1) is 12.1 Å². The number of nitrogens with one attached hydrogen (secondary N) is 2. The summed E-state index contributed by atoms with van der Waals surface area (Å²) in [5.74, 6) is -0.144. The van der Waals surface area contributed by atoms with E-state index in [-0.39, 0.29) is 17.9 Å². The van der Waals surface area contributed by atoms with E-state index in [2.05, 4.69) is 10.6 Å². The molecule has 88 valence electrons. The van der Waals surface area contributed by atoms with Crippen LogP contribution in [0.2, 0.25) is 0 Å². The molecule has 0 spiro atoms. The van der Waals surface area contributed by atoms with Crippen LogP contribution in [0.5, 0.6) is 0 Å². The van der Waals surface area contributed by atoms with Gasteiger partial charge in [0.25, 0.3) is 0 Å². The number of amides is 1. The topological polar surface area (TPSA) is 81.6 Å². The highest BCUT2D eigenvalue weighted by atomic mass is 16.5. The Morgan fingerprint density at radius 2 is 2.13 bits per heavy atom. The average molecular weight is 216 g/mol. The Kier molecular flexibility index (Phi) is 4.50. The van der Waals surface area contributed by atoms with Crippen molar-refractivity contribution >= 4 is 5.91 Å². The lowest BCUT2D eigenvalue weighted by atomic mass is 10.0. The number of carbonyl (C=O) groups excluding carboxylic acids is 1. The van der Waals surface area contributed by atoms with E-state index in [1.54, 1.807) is 0 Å². The molecule has 15 heavy (non-hydrogen) atoms. The fraction of sp³-hybridized carbons (Fsp3) is 0.900. The molecular weight excluding hydrogens is 196 g/mol. The normalized spacial score (nSPS) is 23.5. The van der Waals surface area contributed by atoms with Crippen LogP contribution in [0.4, 0.5) is 0 Å². The van der Waals surface area contributed by atoms with Crippen LogP contribution in [0.15, 0.2) is 0 Å². The molecule has 5 nitrogen and oxygen atoms in total. The molecule has 1 saturated heterocycles. The monoisotopic (exact) mass is 216 g/mol. The lowest BCUT2D eigenvalue weighted by Gasteiger charge is -2.25. The summed E-state index contributed by atoms with van der Waals surface area (Å²) in [5.41, 5.74) is 0. The van der Waals surface area contributed by atoms with Gasteiger partial charge in [-0.1, -0.05) is 13.8 Å². The van der Waals surface area contributed by atoms with Crippen molar-refractivity contribution in [2.45, 2.75) is 45.1 Å². The molecule has 1 aliphatic heterocycles. The van der Waals surface area contributed by atoms with Gasteiger partial charge in [0, 0.05) is 0 Å². The Labute approximate surface area is 89.9 Å². The van der Waals surface area contributed by atoms with Gasteiger partial charge in [-0.05, 0) is 25.3 Å². The fourth-order valence-electron chi connectivity index (χ4n) is 1.76. The maximum absolute atomic E-state index is 11.7. The van der Waals surface area contributed by atoms with E-state index in [4.69, 9.17) is 10.2 Å². The molecule has 5 heteroatoms. The largest absolute Gasteiger partial charge is 0.366 e. The Hall–Kier alpha value is -0.650. The molecule has 0 aliphatic carbocycles.